The molecule has 32 heavy (non-hydrogen) atoms. The smallest absolute Gasteiger partial charge is 0.372 e. The van der Waals surface area contributed by atoms with Crippen LogP contribution in [0.15, 0.2) is 53.4 Å². The molecule has 4 heterocycles. The van der Waals surface area contributed by atoms with Crippen LogP contribution >= 0.6 is 11.8 Å². The molecule has 0 radical (unpaired) electrons. The SMILES string of the molecule is CCC1CC2CC3c4[nH]c5ccc(SC(=O)OCc6ccccc6)cc5c4CCN(C2)C13. The molecule has 1 saturated carbocycles. The van der Waals surface area contributed by atoms with Crippen molar-refractivity contribution in [3.05, 3.63) is 65.4 Å². The van der Waals surface area contributed by atoms with Gasteiger partial charge in [0.05, 0.1) is 0 Å². The van der Waals surface area contributed by atoms with Gasteiger partial charge < -0.3 is 9.72 Å². The maximum atomic E-state index is 12.4. The number of hydrogen-bond donors (Lipinski definition) is 1. The molecular weight excluding hydrogens is 416 g/mol. The van der Waals surface area contributed by atoms with E-state index in [1.165, 1.54) is 59.7 Å². The van der Waals surface area contributed by atoms with Crippen LogP contribution in [0.3, 0.4) is 0 Å². The summed E-state index contributed by atoms with van der Waals surface area (Å²) in [5.41, 5.74) is 5.17. The van der Waals surface area contributed by atoms with Crippen molar-refractivity contribution in [1.82, 2.24) is 9.88 Å². The molecule has 0 spiro atoms. The molecule has 4 aliphatic rings. The average molecular weight is 447 g/mol. The zero-order chi connectivity index (χ0) is 21.7. The average Bonchev–Trinajstić information content (AvgIpc) is 3.14. The summed E-state index contributed by atoms with van der Waals surface area (Å²) in [5, 5.41) is 1.04. The van der Waals surface area contributed by atoms with Crippen molar-refractivity contribution in [2.45, 2.75) is 56.1 Å². The second-order valence-electron chi connectivity index (χ2n) is 9.70. The Bertz CT molecular complexity index is 1140. The molecule has 2 aromatic carbocycles. The number of thioether (sulfide) groups is 1. The summed E-state index contributed by atoms with van der Waals surface area (Å²) in [6, 6.07) is 16.9. The Hall–Kier alpha value is -2.24. The second-order valence-corrected chi connectivity index (χ2v) is 10.7. The molecule has 3 aliphatic heterocycles. The number of nitrogens with one attached hydrogen (secondary N) is 1. The molecule has 0 amide bonds. The molecule has 5 atom stereocenters. The Morgan fingerprint density at radius 2 is 2.06 bits per heavy atom. The lowest BCUT2D eigenvalue weighted by molar-refractivity contribution is -0.0134. The maximum Gasteiger partial charge on any atom is 0.372 e. The first-order valence-electron chi connectivity index (χ1n) is 12.0. The maximum absolute atomic E-state index is 12.4. The number of H-pyrrole nitrogens is 1. The van der Waals surface area contributed by atoms with Gasteiger partial charge in [0, 0.05) is 46.5 Å². The summed E-state index contributed by atoms with van der Waals surface area (Å²) >= 11 is 1.19. The normalized spacial score (nSPS) is 28.3. The molecule has 4 bridgehead atoms. The van der Waals surface area contributed by atoms with Crippen LogP contribution in [-0.4, -0.2) is 34.3 Å². The van der Waals surface area contributed by atoms with Gasteiger partial charge in [0.2, 0.25) is 0 Å². The van der Waals surface area contributed by atoms with E-state index in [-0.39, 0.29) is 5.30 Å². The number of fused-ring (bicyclic) bond motifs is 4. The van der Waals surface area contributed by atoms with Gasteiger partial charge in [-0.25, -0.2) is 4.79 Å². The Kier molecular flexibility index (Phi) is 5.27. The number of hydrogen-bond acceptors (Lipinski definition) is 4. The molecule has 5 heteroatoms. The molecule has 5 unspecified atom stereocenters. The summed E-state index contributed by atoms with van der Waals surface area (Å²) < 4.78 is 5.48. The van der Waals surface area contributed by atoms with E-state index >= 15 is 0 Å². The predicted octanol–water partition coefficient (Wildman–Crippen LogP) is 6.36. The molecule has 3 fully saturated rings. The van der Waals surface area contributed by atoms with Gasteiger partial charge in [-0.1, -0.05) is 43.7 Å². The van der Waals surface area contributed by atoms with Crippen LogP contribution in [0.4, 0.5) is 4.79 Å². The molecule has 3 aromatic rings. The molecule has 2 saturated heterocycles. The van der Waals surface area contributed by atoms with Gasteiger partial charge >= 0.3 is 5.30 Å². The number of ether oxygens (including phenoxy) is 1. The molecule has 166 valence electrons. The van der Waals surface area contributed by atoms with Crippen molar-refractivity contribution in [3.63, 3.8) is 0 Å². The van der Waals surface area contributed by atoms with Crippen LogP contribution in [0, 0.1) is 11.8 Å². The third-order valence-electron chi connectivity index (χ3n) is 7.89. The largest absolute Gasteiger partial charge is 0.452 e. The lowest BCUT2D eigenvalue weighted by atomic mass is 9.65. The van der Waals surface area contributed by atoms with Gasteiger partial charge in [-0.05, 0) is 72.2 Å². The summed E-state index contributed by atoms with van der Waals surface area (Å²) in [5.74, 6) is 2.30. The van der Waals surface area contributed by atoms with Crippen molar-refractivity contribution in [2.24, 2.45) is 11.8 Å². The molecule has 1 aliphatic carbocycles. The minimum absolute atomic E-state index is 0.250. The number of benzene rings is 2. The molecular formula is C27H30N2O2S. The molecule has 7 rings (SSSR count). The monoisotopic (exact) mass is 446 g/mol. The van der Waals surface area contributed by atoms with Gasteiger partial charge in [-0.3, -0.25) is 4.90 Å². The van der Waals surface area contributed by atoms with E-state index in [0.29, 0.717) is 18.6 Å². The fraction of sp³-hybridized carbons (Fsp3) is 0.444. The van der Waals surface area contributed by atoms with Crippen LogP contribution in [0.1, 0.15) is 48.9 Å². The van der Waals surface area contributed by atoms with E-state index in [0.717, 1.165) is 35.3 Å². The van der Waals surface area contributed by atoms with E-state index in [2.05, 4.69) is 28.9 Å². The Morgan fingerprint density at radius 3 is 2.91 bits per heavy atom. The van der Waals surface area contributed by atoms with Gasteiger partial charge in [0.15, 0.2) is 0 Å². The number of aromatic nitrogens is 1. The topological polar surface area (TPSA) is 45.3 Å². The number of carbonyl (C=O) groups excluding carboxylic acids is 1. The predicted molar refractivity (Wildman–Crippen MR) is 129 cm³/mol. The number of rotatable bonds is 4. The highest BCUT2D eigenvalue weighted by Crippen LogP contribution is 2.51. The van der Waals surface area contributed by atoms with E-state index in [1.807, 2.05) is 36.4 Å². The second kappa shape index (κ2) is 8.27. The number of carbonyl (C=O) groups is 1. The van der Waals surface area contributed by atoms with Crippen LogP contribution in [-0.2, 0) is 17.8 Å². The number of nitrogens with zero attached hydrogens (tertiary/aromatic N) is 1. The van der Waals surface area contributed by atoms with E-state index in [9.17, 15) is 4.79 Å². The quantitative estimate of drug-likeness (QED) is 0.374. The lowest BCUT2D eigenvalue weighted by Gasteiger charge is -2.53. The summed E-state index contributed by atoms with van der Waals surface area (Å²) in [6.45, 7) is 5.12. The standard InChI is InChI=1S/C27H30N2O2S/c1-2-19-12-18-13-23-25-21(10-11-29(15-18)26(19)23)22-14-20(8-9-24(22)28-25)32-27(30)31-16-17-6-4-3-5-7-17/h3-9,14,18-19,23,26,28H,2,10-13,15-16H2,1H3. The minimum atomic E-state index is -0.250. The van der Waals surface area contributed by atoms with Crippen LogP contribution in [0.5, 0.6) is 0 Å². The van der Waals surface area contributed by atoms with Gasteiger partial charge in [0.1, 0.15) is 6.61 Å². The number of aromatic amines is 1. The van der Waals surface area contributed by atoms with E-state index < -0.39 is 0 Å². The van der Waals surface area contributed by atoms with Gasteiger partial charge in [-0.15, -0.1) is 0 Å². The highest BCUT2D eigenvalue weighted by molar-refractivity contribution is 8.13. The van der Waals surface area contributed by atoms with Crippen LogP contribution in [0.2, 0.25) is 0 Å². The molecule has 1 N–H and O–H groups in total. The fourth-order valence-electron chi connectivity index (χ4n) is 6.58. The van der Waals surface area contributed by atoms with E-state index in [4.69, 9.17) is 4.74 Å². The number of piperidine rings is 2. The summed E-state index contributed by atoms with van der Waals surface area (Å²) in [4.78, 5) is 20.0. The molecule has 4 nitrogen and oxygen atoms in total. The Morgan fingerprint density at radius 1 is 1.19 bits per heavy atom. The van der Waals surface area contributed by atoms with Crippen LogP contribution in [0.25, 0.3) is 10.9 Å². The lowest BCUT2D eigenvalue weighted by Crippen LogP contribution is -2.56. The van der Waals surface area contributed by atoms with Crippen molar-refractivity contribution in [1.29, 1.82) is 0 Å². The van der Waals surface area contributed by atoms with Gasteiger partial charge in [-0.2, -0.15) is 0 Å². The van der Waals surface area contributed by atoms with Crippen molar-refractivity contribution < 1.29 is 9.53 Å². The van der Waals surface area contributed by atoms with Crippen molar-refractivity contribution >= 4 is 28.0 Å². The minimum Gasteiger partial charge on any atom is -0.452 e. The van der Waals surface area contributed by atoms with Crippen molar-refractivity contribution in [2.75, 3.05) is 13.1 Å². The fourth-order valence-corrected chi connectivity index (χ4v) is 7.20. The van der Waals surface area contributed by atoms with Crippen molar-refractivity contribution in [3.8, 4) is 0 Å². The molecule has 1 aromatic heterocycles. The first-order chi connectivity index (χ1) is 15.7. The first-order valence-corrected chi connectivity index (χ1v) is 12.8. The summed E-state index contributed by atoms with van der Waals surface area (Å²) in [7, 11) is 0. The Balaban J connectivity index is 1.25. The third-order valence-corrected chi connectivity index (χ3v) is 8.66. The highest BCUT2D eigenvalue weighted by Gasteiger charge is 2.48. The zero-order valence-electron chi connectivity index (χ0n) is 18.5. The zero-order valence-corrected chi connectivity index (χ0v) is 19.4. The first kappa shape index (κ1) is 20.4. The highest BCUT2D eigenvalue weighted by atomic mass is 32.2. The Labute approximate surface area is 193 Å². The van der Waals surface area contributed by atoms with Gasteiger partial charge in [0.25, 0.3) is 0 Å². The van der Waals surface area contributed by atoms with Crippen LogP contribution < -0.4 is 0 Å². The summed E-state index contributed by atoms with van der Waals surface area (Å²) in [6.07, 6.45) is 5.12. The van der Waals surface area contributed by atoms with E-state index in [1.54, 1.807) is 0 Å². The third kappa shape index (κ3) is 3.56.